The van der Waals surface area contributed by atoms with Crippen LogP contribution in [0.5, 0.6) is 0 Å². The van der Waals surface area contributed by atoms with Crippen LogP contribution in [0.25, 0.3) is 0 Å². The Bertz CT molecular complexity index is 148. The highest BCUT2D eigenvalue weighted by Crippen LogP contribution is 2.23. The van der Waals surface area contributed by atoms with Crippen LogP contribution in [-0.4, -0.2) is 32.0 Å². The van der Waals surface area contributed by atoms with Crippen LogP contribution in [0.2, 0.25) is 0 Å². The molecule has 0 aromatic rings. The van der Waals surface area contributed by atoms with Gasteiger partial charge >= 0.3 is 6.18 Å². The maximum Gasteiger partial charge on any atom is 0.415 e. The highest BCUT2D eigenvalue weighted by molar-refractivity contribution is 4.74. The van der Waals surface area contributed by atoms with E-state index in [1.54, 1.807) is 0 Å². The Hall–Kier alpha value is -0.290. The number of alkyl halides is 3. The van der Waals surface area contributed by atoms with E-state index in [9.17, 15) is 13.2 Å². The number of hydrogen-bond donors (Lipinski definition) is 1. The van der Waals surface area contributed by atoms with Gasteiger partial charge in [-0.1, -0.05) is 6.92 Å². The number of nitrogens with one attached hydrogen (secondary N) is 1. The third kappa shape index (κ3) is 2.64. The summed E-state index contributed by atoms with van der Waals surface area (Å²) in [5.41, 5.74) is 0. The first kappa shape index (κ1) is 9.80. The minimum absolute atomic E-state index is 0.131. The molecule has 0 bridgehead atoms. The second-order valence-electron chi connectivity index (χ2n) is 3.13. The van der Waals surface area contributed by atoms with Gasteiger partial charge in [0.1, 0.15) is 0 Å². The largest absolute Gasteiger partial charge is 0.415 e. The number of hydrogen-bond acceptors (Lipinski definition) is 2. The molecule has 1 heterocycles. The summed E-state index contributed by atoms with van der Waals surface area (Å²) in [5.74, 6) is 0.150. The molecule has 12 heavy (non-hydrogen) atoms. The quantitative estimate of drug-likeness (QED) is 0.608. The molecule has 0 aliphatic carbocycles. The molecule has 72 valence electrons. The van der Waals surface area contributed by atoms with Crippen molar-refractivity contribution in [3.63, 3.8) is 0 Å². The van der Waals surface area contributed by atoms with E-state index in [1.807, 2.05) is 6.92 Å². The van der Waals surface area contributed by atoms with Crippen molar-refractivity contribution >= 4 is 0 Å². The fourth-order valence-corrected chi connectivity index (χ4v) is 1.07. The minimum atomic E-state index is -4.24. The molecule has 0 saturated carbocycles. The van der Waals surface area contributed by atoms with Gasteiger partial charge in [0, 0.05) is 6.54 Å². The fraction of sp³-hybridized carbons (Fsp3) is 1.00. The van der Waals surface area contributed by atoms with Crippen molar-refractivity contribution in [2.75, 3.05) is 19.7 Å². The van der Waals surface area contributed by atoms with Crippen LogP contribution >= 0.6 is 0 Å². The molecular formula is C7H12F3NO. The molecule has 1 N–H and O–H groups in total. The molecule has 0 spiro atoms. The number of rotatable bonds is 0. The molecule has 1 rings (SSSR count). The first-order valence-corrected chi connectivity index (χ1v) is 3.89. The van der Waals surface area contributed by atoms with Crippen molar-refractivity contribution in [2.45, 2.75) is 19.2 Å². The minimum Gasteiger partial charge on any atom is -0.367 e. The Morgan fingerprint density at radius 3 is 2.58 bits per heavy atom. The number of halogens is 3. The predicted octanol–water partition coefficient (Wildman–Crippen LogP) is 1.17. The Labute approximate surface area is 69.1 Å². The van der Waals surface area contributed by atoms with Crippen LogP contribution in [0.15, 0.2) is 0 Å². The zero-order valence-corrected chi connectivity index (χ0v) is 6.82. The van der Waals surface area contributed by atoms with Gasteiger partial charge in [-0.3, -0.25) is 0 Å². The van der Waals surface area contributed by atoms with Crippen LogP contribution in [0.3, 0.4) is 0 Å². The summed E-state index contributed by atoms with van der Waals surface area (Å²) < 4.78 is 40.9. The van der Waals surface area contributed by atoms with Crippen LogP contribution < -0.4 is 5.32 Å². The molecule has 0 amide bonds. The summed E-state index contributed by atoms with van der Waals surface area (Å²) in [4.78, 5) is 0. The van der Waals surface area contributed by atoms with E-state index in [2.05, 4.69) is 5.32 Å². The van der Waals surface area contributed by atoms with Crippen LogP contribution in [0.1, 0.15) is 6.92 Å². The van der Waals surface area contributed by atoms with E-state index < -0.39 is 12.3 Å². The molecule has 2 atom stereocenters. The summed E-state index contributed by atoms with van der Waals surface area (Å²) in [6, 6.07) is 0. The molecule has 2 nitrogen and oxygen atoms in total. The highest BCUT2D eigenvalue weighted by Gasteiger charge is 2.41. The van der Waals surface area contributed by atoms with Crippen LogP contribution in [-0.2, 0) is 4.74 Å². The van der Waals surface area contributed by atoms with Crippen molar-refractivity contribution in [2.24, 2.45) is 5.92 Å². The first-order chi connectivity index (χ1) is 5.50. The molecular weight excluding hydrogens is 171 g/mol. The van der Waals surface area contributed by atoms with E-state index in [4.69, 9.17) is 4.74 Å². The molecule has 1 aliphatic rings. The highest BCUT2D eigenvalue weighted by atomic mass is 19.4. The van der Waals surface area contributed by atoms with Crippen molar-refractivity contribution in [1.29, 1.82) is 0 Å². The molecule has 1 fully saturated rings. The molecule has 5 heteroatoms. The van der Waals surface area contributed by atoms with E-state index in [1.165, 1.54) is 0 Å². The lowest BCUT2D eigenvalue weighted by Gasteiger charge is -2.18. The standard InChI is InChI=1S/C7H12F3NO/c1-5-2-11-3-6(12-4-5)7(8,9)10/h5-6,11H,2-4H2,1H3. The second kappa shape index (κ2) is 3.62. The SMILES string of the molecule is CC1CNCC(C(F)(F)F)OC1. The fourth-order valence-electron chi connectivity index (χ4n) is 1.07. The average Bonchev–Trinajstić information content (AvgIpc) is 2.11. The van der Waals surface area contributed by atoms with Crippen LogP contribution in [0.4, 0.5) is 13.2 Å². The second-order valence-corrected chi connectivity index (χ2v) is 3.13. The van der Waals surface area contributed by atoms with Gasteiger partial charge in [-0.05, 0) is 12.5 Å². The average molecular weight is 183 g/mol. The summed E-state index contributed by atoms with van der Waals surface area (Å²) in [6.45, 7) is 2.49. The molecule has 0 aromatic heterocycles. The van der Waals surface area contributed by atoms with Gasteiger partial charge in [0.15, 0.2) is 6.10 Å². The van der Waals surface area contributed by atoms with Gasteiger partial charge < -0.3 is 10.1 Å². The van der Waals surface area contributed by atoms with Gasteiger partial charge in [0.05, 0.1) is 6.61 Å². The molecule has 2 unspecified atom stereocenters. The molecule has 1 saturated heterocycles. The lowest BCUT2D eigenvalue weighted by Crippen LogP contribution is -2.38. The number of ether oxygens (including phenoxy) is 1. The van der Waals surface area contributed by atoms with Gasteiger partial charge in [-0.15, -0.1) is 0 Å². The first-order valence-electron chi connectivity index (χ1n) is 3.89. The van der Waals surface area contributed by atoms with E-state index in [0.29, 0.717) is 6.54 Å². The maximum absolute atomic E-state index is 12.1. The van der Waals surface area contributed by atoms with Gasteiger partial charge in [0.2, 0.25) is 0 Å². The van der Waals surface area contributed by atoms with Crippen LogP contribution in [0, 0.1) is 5.92 Å². The molecule has 0 radical (unpaired) electrons. The summed E-state index contributed by atoms with van der Waals surface area (Å²) in [5, 5.41) is 2.71. The lowest BCUT2D eigenvalue weighted by atomic mass is 10.2. The van der Waals surface area contributed by atoms with Gasteiger partial charge in [0.25, 0.3) is 0 Å². The van der Waals surface area contributed by atoms with E-state index in [-0.39, 0.29) is 19.1 Å². The monoisotopic (exact) mass is 183 g/mol. The molecule has 0 aromatic carbocycles. The Morgan fingerprint density at radius 1 is 1.33 bits per heavy atom. The van der Waals surface area contributed by atoms with E-state index in [0.717, 1.165) is 0 Å². The lowest BCUT2D eigenvalue weighted by molar-refractivity contribution is -0.217. The zero-order valence-electron chi connectivity index (χ0n) is 6.82. The smallest absolute Gasteiger partial charge is 0.367 e. The molecule has 1 aliphatic heterocycles. The Kier molecular flexibility index (Phi) is 2.95. The summed E-state index contributed by atoms with van der Waals surface area (Å²) >= 11 is 0. The normalized spacial score (nSPS) is 33.0. The van der Waals surface area contributed by atoms with Crippen molar-refractivity contribution in [3.05, 3.63) is 0 Å². The van der Waals surface area contributed by atoms with E-state index >= 15 is 0 Å². The summed E-state index contributed by atoms with van der Waals surface area (Å²) in [6.07, 6.45) is -5.88. The summed E-state index contributed by atoms with van der Waals surface area (Å²) in [7, 11) is 0. The maximum atomic E-state index is 12.1. The van der Waals surface area contributed by atoms with Gasteiger partial charge in [-0.25, -0.2) is 0 Å². The Morgan fingerprint density at radius 2 is 2.00 bits per heavy atom. The third-order valence-electron chi connectivity index (χ3n) is 1.77. The van der Waals surface area contributed by atoms with Gasteiger partial charge in [-0.2, -0.15) is 13.2 Å². The Balaban J connectivity index is 2.46. The zero-order chi connectivity index (χ0) is 9.19. The van der Waals surface area contributed by atoms with Crippen molar-refractivity contribution < 1.29 is 17.9 Å². The topological polar surface area (TPSA) is 21.3 Å². The van der Waals surface area contributed by atoms with Crippen molar-refractivity contribution in [1.82, 2.24) is 5.32 Å². The predicted molar refractivity (Wildman–Crippen MR) is 37.8 cm³/mol. The third-order valence-corrected chi connectivity index (χ3v) is 1.77. The van der Waals surface area contributed by atoms with Crippen molar-refractivity contribution in [3.8, 4) is 0 Å².